The van der Waals surface area contributed by atoms with E-state index in [1.807, 2.05) is 6.08 Å². The summed E-state index contributed by atoms with van der Waals surface area (Å²) in [6.45, 7) is 5.75. The second-order valence-corrected chi connectivity index (χ2v) is 3.39. The van der Waals surface area contributed by atoms with Crippen molar-refractivity contribution >= 4 is 0 Å². The normalized spacial score (nSPS) is 13.4. The second-order valence-electron chi connectivity index (χ2n) is 3.39. The van der Waals surface area contributed by atoms with Gasteiger partial charge in [0.1, 0.15) is 0 Å². The lowest BCUT2D eigenvalue weighted by atomic mass is 10.1. The van der Waals surface area contributed by atoms with Crippen LogP contribution >= 0.6 is 0 Å². The maximum Gasteiger partial charge on any atom is 0.0540 e. The van der Waals surface area contributed by atoms with Gasteiger partial charge in [-0.05, 0) is 25.7 Å². The maximum atomic E-state index is 9.49. The summed E-state index contributed by atoms with van der Waals surface area (Å²) in [5.41, 5.74) is 0. The average Bonchev–Trinajstić information content (AvgIpc) is 2.14. The fraction of sp³-hybridized carbons (Fsp3) is 0.667. The molecule has 0 spiro atoms. The smallest absolute Gasteiger partial charge is 0.0540 e. The summed E-state index contributed by atoms with van der Waals surface area (Å²) in [7, 11) is 0. The molecule has 0 fully saturated rings. The number of aliphatic hydroxyl groups excluding tert-OH is 1. The Bertz CT molecular complexity index is 138. The third kappa shape index (κ3) is 9.35. The van der Waals surface area contributed by atoms with Crippen molar-refractivity contribution in [1.29, 1.82) is 0 Å². The van der Waals surface area contributed by atoms with Crippen molar-refractivity contribution < 1.29 is 5.11 Å². The molecule has 0 radical (unpaired) electrons. The molecule has 13 heavy (non-hydrogen) atoms. The van der Waals surface area contributed by atoms with Crippen LogP contribution in [-0.2, 0) is 0 Å². The molecule has 1 N–H and O–H groups in total. The van der Waals surface area contributed by atoms with E-state index in [0.29, 0.717) is 0 Å². The van der Waals surface area contributed by atoms with Gasteiger partial charge in [0.15, 0.2) is 0 Å². The molecule has 0 amide bonds. The number of allylic oxidation sites excluding steroid dienone is 3. The summed E-state index contributed by atoms with van der Waals surface area (Å²) in [6.07, 6.45) is 12.1. The van der Waals surface area contributed by atoms with Crippen LogP contribution in [0.1, 0.15) is 45.4 Å². The predicted molar refractivity (Wildman–Crippen MR) is 58.7 cm³/mol. The van der Waals surface area contributed by atoms with Crippen molar-refractivity contribution in [2.75, 3.05) is 0 Å². The fourth-order valence-electron chi connectivity index (χ4n) is 1.25. The van der Waals surface area contributed by atoms with Crippen molar-refractivity contribution in [3.63, 3.8) is 0 Å². The van der Waals surface area contributed by atoms with Crippen LogP contribution in [0.15, 0.2) is 24.8 Å². The summed E-state index contributed by atoms with van der Waals surface area (Å²) < 4.78 is 0. The molecule has 0 aliphatic rings. The third-order valence-corrected chi connectivity index (χ3v) is 2.07. The van der Waals surface area contributed by atoms with E-state index in [1.165, 1.54) is 6.42 Å². The van der Waals surface area contributed by atoms with E-state index in [4.69, 9.17) is 0 Å². The first-order valence-corrected chi connectivity index (χ1v) is 5.26. The Morgan fingerprint density at radius 1 is 1.31 bits per heavy atom. The van der Waals surface area contributed by atoms with Crippen molar-refractivity contribution in [3.05, 3.63) is 24.8 Å². The quantitative estimate of drug-likeness (QED) is 0.450. The van der Waals surface area contributed by atoms with E-state index in [9.17, 15) is 5.11 Å². The van der Waals surface area contributed by atoms with Crippen molar-refractivity contribution in [2.45, 2.75) is 51.6 Å². The van der Waals surface area contributed by atoms with E-state index < -0.39 is 0 Å². The summed E-state index contributed by atoms with van der Waals surface area (Å²) in [5, 5.41) is 9.49. The second kappa shape index (κ2) is 9.53. The molecule has 0 rings (SSSR count). The Kier molecular flexibility index (Phi) is 9.12. The number of aliphatic hydroxyl groups is 1. The Balaban J connectivity index is 3.20. The zero-order valence-corrected chi connectivity index (χ0v) is 8.71. The monoisotopic (exact) mass is 182 g/mol. The van der Waals surface area contributed by atoms with Gasteiger partial charge in [0.25, 0.3) is 0 Å². The van der Waals surface area contributed by atoms with Gasteiger partial charge in [-0.25, -0.2) is 0 Å². The molecule has 0 saturated heterocycles. The highest BCUT2D eigenvalue weighted by atomic mass is 16.3. The Morgan fingerprint density at radius 2 is 2.00 bits per heavy atom. The Morgan fingerprint density at radius 3 is 2.62 bits per heavy atom. The van der Waals surface area contributed by atoms with Gasteiger partial charge in [0, 0.05) is 0 Å². The van der Waals surface area contributed by atoms with E-state index >= 15 is 0 Å². The van der Waals surface area contributed by atoms with Gasteiger partial charge < -0.3 is 5.11 Å². The van der Waals surface area contributed by atoms with Crippen LogP contribution in [-0.4, -0.2) is 11.2 Å². The van der Waals surface area contributed by atoms with Gasteiger partial charge in [0.05, 0.1) is 6.10 Å². The van der Waals surface area contributed by atoms with Crippen LogP contribution in [0.25, 0.3) is 0 Å². The molecule has 0 aliphatic heterocycles. The lowest BCUT2D eigenvalue weighted by Gasteiger charge is -2.07. The fourth-order valence-corrected chi connectivity index (χ4v) is 1.25. The van der Waals surface area contributed by atoms with Crippen LogP contribution < -0.4 is 0 Å². The highest BCUT2D eigenvalue weighted by Gasteiger charge is 2.01. The van der Waals surface area contributed by atoms with Gasteiger partial charge in [-0.15, -0.1) is 0 Å². The van der Waals surface area contributed by atoms with E-state index in [-0.39, 0.29) is 6.10 Å². The summed E-state index contributed by atoms with van der Waals surface area (Å²) in [6, 6.07) is 0. The van der Waals surface area contributed by atoms with Gasteiger partial charge in [0.2, 0.25) is 0 Å². The van der Waals surface area contributed by atoms with Crippen molar-refractivity contribution in [1.82, 2.24) is 0 Å². The minimum atomic E-state index is -0.0860. The SMILES string of the molecule is C=C/C=C/CCCC(O)CCCC. The topological polar surface area (TPSA) is 20.2 Å². The molecule has 1 unspecified atom stereocenters. The summed E-state index contributed by atoms with van der Waals surface area (Å²) in [4.78, 5) is 0. The van der Waals surface area contributed by atoms with Gasteiger partial charge in [-0.2, -0.15) is 0 Å². The lowest BCUT2D eigenvalue weighted by Crippen LogP contribution is -2.05. The standard InChI is InChI=1S/C12H22O/c1-3-5-7-8-9-11-12(13)10-6-4-2/h3,5,7,12-13H,1,4,6,8-11H2,2H3/b7-5+. The van der Waals surface area contributed by atoms with Gasteiger partial charge in [-0.3, -0.25) is 0 Å². The molecular weight excluding hydrogens is 160 g/mol. The Labute approximate surface area is 82.2 Å². The van der Waals surface area contributed by atoms with Crippen LogP contribution in [0.4, 0.5) is 0 Å². The summed E-state index contributed by atoms with van der Waals surface area (Å²) in [5.74, 6) is 0. The number of rotatable bonds is 8. The van der Waals surface area contributed by atoms with Crippen LogP contribution in [0.5, 0.6) is 0 Å². The average molecular weight is 182 g/mol. The molecular formula is C12H22O. The zero-order chi connectivity index (χ0) is 9.94. The third-order valence-electron chi connectivity index (χ3n) is 2.07. The predicted octanol–water partition coefficient (Wildman–Crippen LogP) is 3.45. The van der Waals surface area contributed by atoms with E-state index in [2.05, 4.69) is 19.6 Å². The van der Waals surface area contributed by atoms with Gasteiger partial charge in [-0.1, -0.05) is 44.6 Å². The molecule has 0 heterocycles. The molecule has 0 aliphatic carbocycles. The first kappa shape index (κ1) is 12.4. The highest BCUT2D eigenvalue weighted by molar-refractivity contribution is 4.96. The molecule has 1 atom stereocenters. The van der Waals surface area contributed by atoms with Crippen LogP contribution in [0.3, 0.4) is 0 Å². The molecule has 0 aromatic heterocycles. The number of hydrogen-bond acceptors (Lipinski definition) is 1. The molecule has 76 valence electrons. The minimum absolute atomic E-state index is 0.0860. The van der Waals surface area contributed by atoms with Crippen molar-refractivity contribution in [3.8, 4) is 0 Å². The minimum Gasteiger partial charge on any atom is -0.393 e. The lowest BCUT2D eigenvalue weighted by molar-refractivity contribution is 0.149. The number of unbranched alkanes of at least 4 members (excludes halogenated alkanes) is 2. The van der Waals surface area contributed by atoms with Crippen LogP contribution in [0, 0.1) is 0 Å². The molecule has 0 aromatic carbocycles. The molecule has 0 bridgehead atoms. The van der Waals surface area contributed by atoms with Crippen LogP contribution in [0.2, 0.25) is 0 Å². The van der Waals surface area contributed by atoms with E-state index in [1.54, 1.807) is 6.08 Å². The maximum absolute atomic E-state index is 9.49. The van der Waals surface area contributed by atoms with Crippen molar-refractivity contribution in [2.24, 2.45) is 0 Å². The zero-order valence-electron chi connectivity index (χ0n) is 8.71. The molecule has 0 aromatic rings. The number of hydrogen-bond donors (Lipinski definition) is 1. The summed E-state index contributed by atoms with van der Waals surface area (Å²) >= 11 is 0. The molecule has 0 saturated carbocycles. The first-order valence-electron chi connectivity index (χ1n) is 5.26. The first-order chi connectivity index (χ1) is 6.31. The molecule has 1 nitrogen and oxygen atoms in total. The van der Waals surface area contributed by atoms with E-state index in [0.717, 1.165) is 32.1 Å². The molecule has 1 heteroatoms. The highest BCUT2D eigenvalue weighted by Crippen LogP contribution is 2.08. The van der Waals surface area contributed by atoms with Gasteiger partial charge >= 0.3 is 0 Å². The Hall–Kier alpha value is -0.560. The largest absolute Gasteiger partial charge is 0.393 e.